The molecule has 2 aromatic heterocycles. The fourth-order valence-electron chi connectivity index (χ4n) is 4.17. The van der Waals surface area contributed by atoms with Gasteiger partial charge in [0.25, 0.3) is 5.56 Å². The van der Waals surface area contributed by atoms with E-state index in [1.54, 1.807) is 29.1 Å². The van der Waals surface area contributed by atoms with Gasteiger partial charge >= 0.3 is 0 Å². The molecule has 1 aliphatic heterocycles. The maximum atomic E-state index is 14.0. The predicted octanol–water partition coefficient (Wildman–Crippen LogP) is 7.15. The van der Waals surface area contributed by atoms with E-state index in [9.17, 15) is 4.79 Å². The van der Waals surface area contributed by atoms with Crippen molar-refractivity contribution in [2.45, 2.75) is 43.9 Å². The van der Waals surface area contributed by atoms with E-state index < -0.39 is 0 Å². The summed E-state index contributed by atoms with van der Waals surface area (Å²) in [4.78, 5) is 20.9. The Morgan fingerprint density at radius 3 is 2.66 bits per heavy atom. The number of aromatic nitrogens is 2. The van der Waals surface area contributed by atoms with Gasteiger partial charge in [0.2, 0.25) is 0 Å². The summed E-state index contributed by atoms with van der Waals surface area (Å²) in [6, 6.07) is 13.0. The molecular weight excluding hydrogens is 523 g/mol. The zero-order valence-electron chi connectivity index (χ0n) is 19.5. The van der Waals surface area contributed by atoms with Crippen LogP contribution in [-0.2, 0) is 23.5 Å². The fraction of sp³-hybridized carbons (Fsp3) is 0.308. The Morgan fingerprint density at radius 1 is 1.20 bits per heavy atom. The first-order valence-electron chi connectivity index (χ1n) is 11.3. The normalized spacial score (nSPS) is 15.5. The van der Waals surface area contributed by atoms with Crippen molar-refractivity contribution in [3.8, 4) is 11.4 Å². The van der Waals surface area contributed by atoms with E-state index in [0.29, 0.717) is 38.9 Å². The Hall–Kier alpha value is -2.03. The van der Waals surface area contributed by atoms with Crippen LogP contribution in [0.4, 0.5) is 0 Å². The van der Waals surface area contributed by atoms with Gasteiger partial charge in [-0.1, -0.05) is 54.9 Å². The van der Waals surface area contributed by atoms with E-state index in [-0.39, 0.29) is 11.7 Å². The molecule has 0 unspecified atom stereocenters. The maximum Gasteiger partial charge on any atom is 0.267 e. The van der Waals surface area contributed by atoms with Gasteiger partial charge in [0.1, 0.15) is 10.6 Å². The van der Waals surface area contributed by atoms with Crippen LogP contribution >= 0.6 is 46.3 Å². The first kappa shape index (κ1) is 24.7. The second-order valence-electron chi connectivity index (χ2n) is 8.75. The standard InChI is InChI=1S/C26H24Cl2N2O3S2/c1-14(2)21-11-18-22(12-33-21)35-24-23(18)25(31)30(16-5-7-17(32-3)8-6-16)26(29-24)34-13-15-4-9-19(27)20(28)10-15/h4-10,14,21H,11-13H2,1-3H3/t21-/m1/s1. The third-order valence-corrected chi connectivity index (χ3v) is 8.99. The molecule has 5 nitrogen and oxygen atoms in total. The molecule has 0 N–H and O–H groups in total. The molecule has 0 radical (unpaired) electrons. The van der Waals surface area contributed by atoms with Gasteiger partial charge in [-0.15, -0.1) is 11.3 Å². The van der Waals surface area contributed by atoms with Gasteiger partial charge in [0.05, 0.1) is 40.9 Å². The van der Waals surface area contributed by atoms with E-state index in [1.807, 2.05) is 36.4 Å². The number of methoxy groups -OCH3 is 1. The van der Waals surface area contributed by atoms with Crippen LogP contribution in [0.1, 0.15) is 29.9 Å². The lowest BCUT2D eigenvalue weighted by molar-refractivity contribution is 0.00200. The molecule has 5 rings (SSSR count). The van der Waals surface area contributed by atoms with Gasteiger partial charge in [-0.2, -0.15) is 0 Å². The smallest absolute Gasteiger partial charge is 0.267 e. The molecule has 1 aliphatic rings. The number of halogens is 2. The first-order valence-corrected chi connectivity index (χ1v) is 13.8. The topological polar surface area (TPSA) is 53.4 Å². The molecule has 0 amide bonds. The van der Waals surface area contributed by atoms with Crippen LogP contribution in [0.2, 0.25) is 10.0 Å². The van der Waals surface area contributed by atoms with E-state index in [0.717, 1.165) is 38.7 Å². The molecule has 35 heavy (non-hydrogen) atoms. The molecule has 3 heterocycles. The third-order valence-electron chi connectivity index (χ3n) is 6.14. The lowest BCUT2D eigenvalue weighted by Gasteiger charge is -2.26. The molecule has 9 heteroatoms. The highest BCUT2D eigenvalue weighted by atomic mass is 35.5. The lowest BCUT2D eigenvalue weighted by atomic mass is 9.96. The van der Waals surface area contributed by atoms with Crippen LogP contribution in [0, 0.1) is 5.92 Å². The van der Waals surface area contributed by atoms with Gasteiger partial charge in [-0.3, -0.25) is 9.36 Å². The summed E-state index contributed by atoms with van der Waals surface area (Å²) in [6.07, 6.45) is 0.820. The quantitative estimate of drug-likeness (QED) is 0.190. The van der Waals surface area contributed by atoms with Crippen molar-refractivity contribution < 1.29 is 9.47 Å². The number of hydrogen-bond acceptors (Lipinski definition) is 6. The SMILES string of the molecule is COc1ccc(-n2c(SCc3ccc(Cl)c(Cl)c3)nc3sc4c(c3c2=O)C[C@H](C(C)C)OC4)cc1. The number of fused-ring (bicyclic) bond motifs is 3. The Bertz CT molecular complexity index is 1450. The summed E-state index contributed by atoms with van der Waals surface area (Å²) in [7, 11) is 1.62. The Kier molecular flexibility index (Phi) is 7.15. The molecular formula is C26H24Cl2N2O3S2. The van der Waals surface area contributed by atoms with E-state index >= 15 is 0 Å². The number of thiophene rings is 1. The van der Waals surface area contributed by atoms with Gasteiger partial charge in [-0.05, 0) is 53.4 Å². The number of thioether (sulfide) groups is 1. The van der Waals surface area contributed by atoms with Gasteiger partial charge in [-0.25, -0.2) is 4.98 Å². The zero-order valence-corrected chi connectivity index (χ0v) is 22.7. The highest BCUT2D eigenvalue weighted by molar-refractivity contribution is 7.98. The van der Waals surface area contributed by atoms with Crippen molar-refractivity contribution in [3.05, 3.63) is 78.9 Å². The summed E-state index contributed by atoms with van der Waals surface area (Å²) in [5.41, 5.74) is 2.77. The molecule has 4 aromatic rings. The van der Waals surface area contributed by atoms with Crippen molar-refractivity contribution in [2.24, 2.45) is 5.92 Å². The maximum absolute atomic E-state index is 14.0. The second kappa shape index (κ2) is 10.1. The highest BCUT2D eigenvalue weighted by Gasteiger charge is 2.28. The predicted molar refractivity (Wildman–Crippen MR) is 145 cm³/mol. The minimum absolute atomic E-state index is 0.0567. The van der Waals surface area contributed by atoms with Crippen LogP contribution < -0.4 is 10.3 Å². The van der Waals surface area contributed by atoms with Crippen LogP contribution in [0.5, 0.6) is 5.75 Å². The number of benzene rings is 2. The summed E-state index contributed by atoms with van der Waals surface area (Å²) in [6.45, 7) is 4.82. The van der Waals surface area contributed by atoms with Crippen LogP contribution in [-0.4, -0.2) is 22.8 Å². The largest absolute Gasteiger partial charge is 0.497 e. The van der Waals surface area contributed by atoms with Crippen LogP contribution in [0.15, 0.2) is 52.4 Å². The number of hydrogen-bond donors (Lipinski definition) is 0. The minimum atomic E-state index is -0.0567. The molecule has 0 bridgehead atoms. The number of rotatable bonds is 6. The fourth-order valence-corrected chi connectivity index (χ4v) is 6.61. The number of nitrogens with zero attached hydrogens (tertiary/aromatic N) is 2. The minimum Gasteiger partial charge on any atom is -0.497 e. The van der Waals surface area contributed by atoms with Crippen LogP contribution in [0.3, 0.4) is 0 Å². The summed E-state index contributed by atoms with van der Waals surface area (Å²) >= 11 is 15.3. The van der Waals surface area contributed by atoms with Gasteiger partial charge in [0.15, 0.2) is 5.16 Å². The molecule has 2 aromatic carbocycles. The molecule has 182 valence electrons. The number of ether oxygens (including phenoxy) is 2. The van der Waals surface area contributed by atoms with E-state index in [4.69, 9.17) is 37.7 Å². The third kappa shape index (κ3) is 4.85. The Labute approximate surface area is 222 Å². The van der Waals surface area contributed by atoms with Crippen molar-refractivity contribution in [1.82, 2.24) is 9.55 Å². The second-order valence-corrected chi connectivity index (χ2v) is 11.6. The van der Waals surface area contributed by atoms with Crippen molar-refractivity contribution >= 4 is 56.5 Å². The Morgan fingerprint density at radius 2 is 1.97 bits per heavy atom. The van der Waals surface area contributed by atoms with Crippen molar-refractivity contribution in [1.29, 1.82) is 0 Å². The molecule has 0 fully saturated rings. The zero-order chi connectivity index (χ0) is 24.7. The summed E-state index contributed by atoms with van der Waals surface area (Å²) in [5, 5.41) is 2.35. The highest BCUT2D eigenvalue weighted by Crippen LogP contribution is 2.37. The van der Waals surface area contributed by atoms with E-state index in [1.165, 1.54) is 11.8 Å². The molecule has 0 saturated carbocycles. The Balaban J connectivity index is 1.63. The molecule has 0 spiro atoms. The first-order chi connectivity index (χ1) is 16.9. The van der Waals surface area contributed by atoms with Crippen LogP contribution in [0.25, 0.3) is 15.9 Å². The van der Waals surface area contributed by atoms with E-state index in [2.05, 4.69) is 13.8 Å². The molecule has 0 aliphatic carbocycles. The molecule has 0 saturated heterocycles. The monoisotopic (exact) mass is 546 g/mol. The van der Waals surface area contributed by atoms with Crippen molar-refractivity contribution in [2.75, 3.05) is 7.11 Å². The average molecular weight is 548 g/mol. The lowest BCUT2D eigenvalue weighted by Crippen LogP contribution is -2.28. The van der Waals surface area contributed by atoms with Crippen molar-refractivity contribution in [3.63, 3.8) is 0 Å². The van der Waals surface area contributed by atoms with Gasteiger partial charge in [0, 0.05) is 17.1 Å². The average Bonchev–Trinajstić information content (AvgIpc) is 3.23. The summed E-state index contributed by atoms with van der Waals surface area (Å²) < 4.78 is 13.1. The summed E-state index contributed by atoms with van der Waals surface area (Å²) in [5.74, 6) is 1.69. The van der Waals surface area contributed by atoms with Gasteiger partial charge < -0.3 is 9.47 Å². The molecule has 1 atom stereocenters.